The number of ether oxygens (including phenoxy) is 1. The van der Waals surface area contributed by atoms with Gasteiger partial charge in [-0.1, -0.05) is 15.9 Å². The summed E-state index contributed by atoms with van der Waals surface area (Å²) >= 11 is 3.30. The topological polar surface area (TPSA) is 21.3 Å². The second-order valence-corrected chi connectivity index (χ2v) is 4.89. The minimum atomic E-state index is -0.174. The molecule has 0 fully saturated rings. The molecular formula is C13H19BrFNO. The lowest BCUT2D eigenvalue weighted by molar-refractivity contribution is 0.199. The quantitative estimate of drug-likeness (QED) is 0.745. The summed E-state index contributed by atoms with van der Waals surface area (Å²) in [5.74, 6) is -0.174. The van der Waals surface area contributed by atoms with E-state index in [1.54, 1.807) is 13.2 Å². The lowest BCUT2D eigenvalue weighted by Crippen LogP contribution is -2.20. The summed E-state index contributed by atoms with van der Waals surface area (Å²) in [6.45, 7) is 2.62. The predicted molar refractivity (Wildman–Crippen MR) is 71.8 cm³/mol. The van der Waals surface area contributed by atoms with Crippen molar-refractivity contribution >= 4 is 15.9 Å². The molecule has 0 bridgehead atoms. The number of methoxy groups -OCH3 is 1. The Morgan fingerprint density at radius 2 is 2.06 bits per heavy atom. The van der Waals surface area contributed by atoms with E-state index in [0.717, 1.165) is 49.0 Å². The second kappa shape index (κ2) is 8.61. The van der Waals surface area contributed by atoms with Crippen LogP contribution in [0.15, 0.2) is 22.7 Å². The fourth-order valence-electron chi connectivity index (χ4n) is 1.63. The second-order valence-electron chi connectivity index (χ2n) is 3.98. The summed E-state index contributed by atoms with van der Waals surface area (Å²) in [7, 11) is 1.70. The van der Waals surface area contributed by atoms with Crippen molar-refractivity contribution in [2.45, 2.75) is 19.3 Å². The van der Waals surface area contributed by atoms with E-state index >= 15 is 0 Å². The van der Waals surface area contributed by atoms with Crippen LogP contribution in [0.5, 0.6) is 0 Å². The van der Waals surface area contributed by atoms with Crippen molar-refractivity contribution in [1.82, 2.24) is 5.32 Å². The van der Waals surface area contributed by atoms with Crippen molar-refractivity contribution in [2.24, 2.45) is 0 Å². The van der Waals surface area contributed by atoms with E-state index in [-0.39, 0.29) is 5.82 Å². The van der Waals surface area contributed by atoms with Crippen LogP contribution in [-0.2, 0) is 11.2 Å². The van der Waals surface area contributed by atoms with Gasteiger partial charge in [-0.3, -0.25) is 0 Å². The van der Waals surface area contributed by atoms with Crippen LogP contribution in [0.1, 0.15) is 18.4 Å². The molecule has 1 rings (SSSR count). The largest absolute Gasteiger partial charge is 0.383 e. The van der Waals surface area contributed by atoms with Gasteiger partial charge < -0.3 is 10.1 Å². The van der Waals surface area contributed by atoms with Gasteiger partial charge in [0.1, 0.15) is 5.82 Å². The molecule has 0 aliphatic rings. The molecule has 1 aromatic carbocycles. The number of unbranched alkanes of at least 4 members (excludes halogenated alkanes) is 1. The molecule has 0 heterocycles. The predicted octanol–water partition coefficient (Wildman–Crippen LogP) is 3.15. The van der Waals surface area contributed by atoms with E-state index in [0.29, 0.717) is 0 Å². The number of hydrogen-bond donors (Lipinski definition) is 1. The average molecular weight is 304 g/mol. The van der Waals surface area contributed by atoms with Crippen LogP contribution in [0, 0.1) is 5.82 Å². The summed E-state index contributed by atoms with van der Waals surface area (Å²) in [5, 5.41) is 3.29. The Balaban J connectivity index is 2.13. The SMILES string of the molecule is COCCNCCCCc1cc(F)cc(Br)c1. The number of rotatable bonds is 8. The maximum Gasteiger partial charge on any atom is 0.124 e. The lowest BCUT2D eigenvalue weighted by atomic mass is 10.1. The van der Waals surface area contributed by atoms with Crippen molar-refractivity contribution in [3.05, 3.63) is 34.1 Å². The first-order valence-electron chi connectivity index (χ1n) is 5.87. The van der Waals surface area contributed by atoms with Gasteiger partial charge in [0.25, 0.3) is 0 Å². The first-order valence-corrected chi connectivity index (χ1v) is 6.66. The molecule has 1 N–H and O–H groups in total. The Hall–Kier alpha value is -0.450. The molecule has 0 aromatic heterocycles. The van der Waals surface area contributed by atoms with Gasteiger partial charge in [0, 0.05) is 18.1 Å². The molecule has 2 nitrogen and oxygen atoms in total. The maximum atomic E-state index is 13.1. The average Bonchev–Trinajstić information content (AvgIpc) is 2.26. The van der Waals surface area contributed by atoms with Crippen LogP contribution in [0.4, 0.5) is 4.39 Å². The fourth-order valence-corrected chi connectivity index (χ4v) is 2.15. The molecule has 17 heavy (non-hydrogen) atoms. The summed E-state index contributed by atoms with van der Waals surface area (Å²) in [6, 6.07) is 5.06. The molecule has 4 heteroatoms. The first-order chi connectivity index (χ1) is 8.22. The minimum Gasteiger partial charge on any atom is -0.383 e. The van der Waals surface area contributed by atoms with Gasteiger partial charge >= 0.3 is 0 Å². The third kappa shape index (κ3) is 6.76. The Kier molecular flexibility index (Phi) is 7.40. The number of nitrogens with one attached hydrogen (secondary N) is 1. The van der Waals surface area contributed by atoms with Crippen molar-refractivity contribution in [3.63, 3.8) is 0 Å². The molecule has 0 atom stereocenters. The van der Waals surface area contributed by atoms with Crippen molar-refractivity contribution in [1.29, 1.82) is 0 Å². The highest BCUT2D eigenvalue weighted by molar-refractivity contribution is 9.10. The Morgan fingerprint density at radius 1 is 1.24 bits per heavy atom. The van der Waals surface area contributed by atoms with E-state index in [4.69, 9.17) is 4.74 Å². The highest BCUT2D eigenvalue weighted by Crippen LogP contribution is 2.16. The maximum absolute atomic E-state index is 13.1. The standard InChI is InChI=1S/C13H19BrFNO/c1-17-7-6-16-5-3-2-4-11-8-12(14)10-13(15)9-11/h8-10,16H,2-7H2,1H3. The zero-order valence-electron chi connectivity index (χ0n) is 10.1. The van der Waals surface area contributed by atoms with Crippen molar-refractivity contribution < 1.29 is 9.13 Å². The molecular weight excluding hydrogens is 285 g/mol. The Labute approximate surface area is 111 Å². The van der Waals surface area contributed by atoms with Crippen LogP contribution in [0.2, 0.25) is 0 Å². The van der Waals surface area contributed by atoms with Gasteiger partial charge in [0.05, 0.1) is 6.61 Å². The van der Waals surface area contributed by atoms with Gasteiger partial charge in [-0.05, 0) is 49.6 Å². The van der Waals surface area contributed by atoms with Crippen LogP contribution < -0.4 is 5.32 Å². The summed E-state index contributed by atoms with van der Waals surface area (Å²) < 4.78 is 18.8. The fraction of sp³-hybridized carbons (Fsp3) is 0.538. The van der Waals surface area contributed by atoms with E-state index in [1.165, 1.54) is 6.07 Å². The van der Waals surface area contributed by atoms with Crippen molar-refractivity contribution in [2.75, 3.05) is 26.8 Å². The first kappa shape index (κ1) is 14.6. The Bertz CT molecular complexity index is 313. The summed E-state index contributed by atoms with van der Waals surface area (Å²) in [5.41, 5.74) is 1.05. The summed E-state index contributed by atoms with van der Waals surface area (Å²) in [6.07, 6.45) is 3.08. The number of benzene rings is 1. The molecule has 0 aliphatic heterocycles. The lowest BCUT2D eigenvalue weighted by Gasteiger charge is -2.05. The third-order valence-corrected chi connectivity index (χ3v) is 2.93. The van der Waals surface area contributed by atoms with Gasteiger partial charge in [0.2, 0.25) is 0 Å². The van der Waals surface area contributed by atoms with Crippen LogP contribution >= 0.6 is 15.9 Å². The minimum absolute atomic E-state index is 0.174. The molecule has 1 aromatic rings. The zero-order valence-corrected chi connectivity index (χ0v) is 11.7. The third-order valence-electron chi connectivity index (χ3n) is 2.47. The van der Waals surface area contributed by atoms with E-state index < -0.39 is 0 Å². The van der Waals surface area contributed by atoms with E-state index in [2.05, 4.69) is 21.2 Å². The monoisotopic (exact) mass is 303 g/mol. The molecule has 0 spiro atoms. The van der Waals surface area contributed by atoms with Gasteiger partial charge in [-0.15, -0.1) is 0 Å². The number of hydrogen-bond acceptors (Lipinski definition) is 2. The molecule has 0 radical (unpaired) electrons. The molecule has 0 amide bonds. The highest BCUT2D eigenvalue weighted by Gasteiger charge is 1.99. The molecule has 0 saturated carbocycles. The molecule has 0 aliphatic carbocycles. The normalized spacial score (nSPS) is 10.8. The molecule has 0 saturated heterocycles. The molecule has 96 valence electrons. The Morgan fingerprint density at radius 3 is 2.76 bits per heavy atom. The van der Waals surface area contributed by atoms with Crippen LogP contribution in [-0.4, -0.2) is 26.8 Å². The highest BCUT2D eigenvalue weighted by atomic mass is 79.9. The summed E-state index contributed by atoms with van der Waals surface area (Å²) in [4.78, 5) is 0. The van der Waals surface area contributed by atoms with E-state index in [1.807, 2.05) is 6.07 Å². The van der Waals surface area contributed by atoms with Gasteiger partial charge in [-0.25, -0.2) is 4.39 Å². The smallest absolute Gasteiger partial charge is 0.124 e. The van der Waals surface area contributed by atoms with Crippen molar-refractivity contribution in [3.8, 4) is 0 Å². The van der Waals surface area contributed by atoms with Gasteiger partial charge in [0.15, 0.2) is 0 Å². The van der Waals surface area contributed by atoms with Gasteiger partial charge in [-0.2, -0.15) is 0 Å². The zero-order chi connectivity index (χ0) is 12.5. The van der Waals surface area contributed by atoms with Crippen LogP contribution in [0.25, 0.3) is 0 Å². The number of halogens is 2. The van der Waals surface area contributed by atoms with Crippen LogP contribution in [0.3, 0.4) is 0 Å². The van der Waals surface area contributed by atoms with E-state index in [9.17, 15) is 4.39 Å². The number of aryl methyl sites for hydroxylation is 1. The molecule has 0 unspecified atom stereocenters.